The maximum atomic E-state index is 13.2. The molecule has 1 aromatic carbocycles. The summed E-state index contributed by atoms with van der Waals surface area (Å²) < 4.78 is 33.1. The van der Waals surface area contributed by atoms with E-state index in [4.69, 9.17) is 9.84 Å². The number of ether oxygens (including phenoxy) is 1. The molecule has 0 unspecified atom stereocenters. The first-order valence-corrected chi connectivity index (χ1v) is 5.95. The SMILES string of the molecule is Cc1nn(C)c(Oc2cc(F)cc(F)c2)c1C=CC(=O)O. The molecule has 110 valence electrons. The van der Waals surface area contributed by atoms with Gasteiger partial charge in [0.15, 0.2) is 0 Å². The van der Waals surface area contributed by atoms with E-state index >= 15 is 0 Å². The number of aromatic nitrogens is 2. The number of nitrogens with zero attached hydrogens (tertiary/aromatic N) is 2. The predicted molar refractivity (Wildman–Crippen MR) is 71.0 cm³/mol. The molecule has 0 aliphatic carbocycles. The number of halogens is 2. The summed E-state index contributed by atoms with van der Waals surface area (Å²) in [4.78, 5) is 10.6. The van der Waals surface area contributed by atoms with E-state index in [1.165, 1.54) is 10.8 Å². The van der Waals surface area contributed by atoms with Crippen molar-refractivity contribution in [3.8, 4) is 11.6 Å². The fourth-order valence-corrected chi connectivity index (χ4v) is 1.82. The molecular weight excluding hydrogens is 282 g/mol. The molecule has 0 saturated heterocycles. The van der Waals surface area contributed by atoms with Crippen molar-refractivity contribution < 1.29 is 23.4 Å². The average molecular weight is 294 g/mol. The summed E-state index contributed by atoms with van der Waals surface area (Å²) in [6.45, 7) is 1.67. The number of carboxylic acid groups (broad SMARTS) is 1. The smallest absolute Gasteiger partial charge is 0.328 e. The van der Waals surface area contributed by atoms with Gasteiger partial charge < -0.3 is 9.84 Å². The monoisotopic (exact) mass is 294 g/mol. The Labute approximate surface area is 119 Å². The lowest BCUT2D eigenvalue weighted by Crippen LogP contribution is -1.97. The highest BCUT2D eigenvalue weighted by atomic mass is 19.1. The molecule has 5 nitrogen and oxygen atoms in total. The maximum absolute atomic E-state index is 13.2. The number of rotatable bonds is 4. The summed E-state index contributed by atoms with van der Waals surface area (Å²) in [5.74, 6) is -2.52. The summed E-state index contributed by atoms with van der Waals surface area (Å²) in [5.41, 5.74) is 0.950. The highest BCUT2D eigenvalue weighted by Crippen LogP contribution is 2.29. The van der Waals surface area contributed by atoms with E-state index in [2.05, 4.69) is 5.10 Å². The molecule has 0 spiro atoms. The molecule has 0 radical (unpaired) electrons. The molecule has 2 rings (SSSR count). The molecule has 0 atom stereocenters. The van der Waals surface area contributed by atoms with Crippen LogP contribution in [-0.2, 0) is 11.8 Å². The molecule has 2 aromatic rings. The third kappa shape index (κ3) is 3.44. The number of carboxylic acids is 1. The minimum absolute atomic E-state index is 0.0412. The Balaban J connectivity index is 2.41. The Bertz CT molecular complexity index is 703. The maximum Gasteiger partial charge on any atom is 0.328 e. The van der Waals surface area contributed by atoms with E-state index in [-0.39, 0.29) is 11.6 Å². The highest BCUT2D eigenvalue weighted by molar-refractivity contribution is 5.86. The van der Waals surface area contributed by atoms with E-state index in [9.17, 15) is 13.6 Å². The van der Waals surface area contributed by atoms with Gasteiger partial charge in [-0.1, -0.05) is 0 Å². The Morgan fingerprint density at radius 2 is 1.95 bits per heavy atom. The highest BCUT2D eigenvalue weighted by Gasteiger charge is 2.14. The first-order valence-electron chi connectivity index (χ1n) is 5.95. The van der Waals surface area contributed by atoms with Crippen molar-refractivity contribution in [2.45, 2.75) is 6.92 Å². The zero-order valence-electron chi connectivity index (χ0n) is 11.3. The van der Waals surface area contributed by atoms with Gasteiger partial charge in [-0.2, -0.15) is 5.10 Å². The number of hydrogen-bond donors (Lipinski definition) is 1. The number of aryl methyl sites for hydroxylation is 2. The number of benzene rings is 1. The summed E-state index contributed by atoms with van der Waals surface area (Å²) in [6, 6.07) is 2.78. The lowest BCUT2D eigenvalue weighted by molar-refractivity contribution is -0.131. The second-order valence-electron chi connectivity index (χ2n) is 4.31. The van der Waals surface area contributed by atoms with E-state index in [0.29, 0.717) is 11.3 Å². The molecule has 1 heterocycles. The third-order valence-corrected chi connectivity index (χ3v) is 2.66. The van der Waals surface area contributed by atoms with Crippen LogP contribution in [0.1, 0.15) is 11.3 Å². The van der Waals surface area contributed by atoms with Crippen LogP contribution in [0, 0.1) is 18.6 Å². The molecule has 0 fully saturated rings. The van der Waals surface area contributed by atoms with Gasteiger partial charge in [0, 0.05) is 31.3 Å². The van der Waals surface area contributed by atoms with Crippen LogP contribution in [0.5, 0.6) is 11.6 Å². The Hall–Kier alpha value is -2.70. The summed E-state index contributed by atoms with van der Waals surface area (Å²) in [5, 5.41) is 12.8. The standard InChI is InChI=1S/C14H12F2N2O3/c1-8-12(3-4-13(19)20)14(18(2)17-8)21-11-6-9(15)5-10(16)7-11/h3-7H,1-2H3,(H,19,20). The van der Waals surface area contributed by atoms with Gasteiger partial charge in [-0.15, -0.1) is 0 Å². The fraction of sp³-hybridized carbons (Fsp3) is 0.143. The van der Waals surface area contributed by atoms with Gasteiger partial charge >= 0.3 is 5.97 Å². The van der Waals surface area contributed by atoms with Gasteiger partial charge in [-0.25, -0.2) is 18.3 Å². The van der Waals surface area contributed by atoms with Crippen LogP contribution in [0.15, 0.2) is 24.3 Å². The first kappa shape index (κ1) is 14.7. The van der Waals surface area contributed by atoms with Gasteiger partial charge in [0.05, 0.1) is 11.3 Å². The molecular formula is C14H12F2N2O3. The minimum atomic E-state index is -1.12. The second-order valence-corrected chi connectivity index (χ2v) is 4.31. The minimum Gasteiger partial charge on any atom is -0.478 e. The van der Waals surface area contributed by atoms with Gasteiger partial charge in [0.2, 0.25) is 5.88 Å². The van der Waals surface area contributed by atoms with Crippen molar-refractivity contribution in [3.05, 3.63) is 47.2 Å². The first-order chi connectivity index (χ1) is 9.86. The summed E-state index contributed by atoms with van der Waals surface area (Å²) in [7, 11) is 1.58. The lowest BCUT2D eigenvalue weighted by atomic mass is 10.2. The molecule has 7 heteroatoms. The second kappa shape index (κ2) is 5.74. The van der Waals surface area contributed by atoms with Gasteiger partial charge in [0.1, 0.15) is 17.4 Å². The van der Waals surface area contributed by atoms with E-state index in [1.807, 2.05) is 0 Å². The van der Waals surface area contributed by atoms with Crippen molar-refractivity contribution in [2.75, 3.05) is 0 Å². The van der Waals surface area contributed by atoms with Crippen LogP contribution >= 0.6 is 0 Å². The number of hydrogen-bond acceptors (Lipinski definition) is 3. The van der Waals surface area contributed by atoms with Crippen LogP contribution in [0.3, 0.4) is 0 Å². The van der Waals surface area contributed by atoms with Crippen LogP contribution < -0.4 is 4.74 Å². The number of carbonyl (C=O) groups is 1. The van der Waals surface area contributed by atoms with Crippen molar-refractivity contribution >= 4 is 12.0 Å². The van der Waals surface area contributed by atoms with Crippen LogP contribution in [0.4, 0.5) is 8.78 Å². The molecule has 0 aliphatic heterocycles. The van der Waals surface area contributed by atoms with Crippen molar-refractivity contribution in [1.29, 1.82) is 0 Å². The quantitative estimate of drug-likeness (QED) is 0.881. The molecule has 0 saturated carbocycles. The normalized spacial score (nSPS) is 11.0. The molecule has 1 N–H and O–H groups in total. The van der Waals surface area contributed by atoms with E-state index < -0.39 is 17.6 Å². The predicted octanol–water partition coefficient (Wildman–Crippen LogP) is 2.90. The molecule has 0 amide bonds. The van der Waals surface area contributed by atoms with E-state index in [1.54, 1.807) is 14.0 Å². The van der Waals surface area contributed by atoms with Crippen LogP contribution in [0.2, 0.25) is 0 Å². The largest absolute Gasteiger partial charge is 0.478 e. The molecule has 0 aliphatic rings. The topological polar surface area (TPSA) is 64.4 Å². The Morgan fingerprint density at radius 1 is 1.33 bits per heavy atom. The molecule has 21 heavy (non-hydrogen) atoms. The van der Waals surface area contributed by atoms with Crippen LogP contribution in [-0.4, -0.2) is 20.9 Å². The summed E-state index contributed by atoms with van der Waals surface area (Å²) >= 11 is 0. The van der Waals surface area contributed by atoms with Gasteiger partial charge in [0.25, 0.3) is 0 Å². The van der Waals surface area contributed by atoms with Crippen LogP contribution in [0.25, 0.3) is 6.08 Å². The fourth-order valence-electron chi connectivity index (χ4n) is 1.82. The zero-order chi connectivity index (χ0) is 15.6. The van der Waals surface area contributed by atoms with Crippen molar-refractivity contribution in [1.82, 2.24) is 9.78 Å². The Kier molecular flexibility index (Phi) is 4.02. The summed E-state index contributed by atoms with van der Waals surface area (Å²) in [6.07, 6.45) is 2.25. The number of aliphatic carboxylic acids is 1. The third-order valence-electron chi connectivity index (χ3n) is 2.66. The van der Waals surface area contributed by atoms with Gasteiger partial charge in [-0.3, -0.25) is 0 Å². The molecule has 0 bridgehead atoms. The zero-order valence-corrected chi connectivity index (χ0v) is 11.3. The van der Waals surface area contributed by atoms with E-state index in [0.717, 1.165) is 24.3 Å². The van der Waals surface area contributed by atoms with Crippen molar-refractivity contribution in [3.63, 3.8) is 0 Å². The Morgan fingerprint density at radius 3 is 2.52 bits per heavy atom. The van der Waals surface area contributed by atoms with Crippen molar-refractivity contribution in [2.24, 2.45) is 7.05 Å². The average Bonchev–Trinajstić information content (AvgIpc) is 2.60. The van der Waals surface area contributed by atoms with Gasteiger partial charge in [-0.05, 0) is 13.0 Å². The molecule has 1 aromatic heterocycles. The lowest BCUT2D eigenvalue weighted by Gasteiger charge is -2.07.